The van der Waals surface area contributed by atoms with Crippen molar-refractivity contribution in [3.8, 4) is 0 Å². The third kappa shape index (κ3) is 2.83. The molecular weight excluding hydrogens is 352 g/mol. The molecule has 0 aliphatic carbocycles. The molecule has 3 heterocycles. The van der Waals surface area contributed by atoms with Crippen molar-refractivity contribution < 1.29 is 14.6 Å². The van der Waals surface area contributed by atoms with Crippen molar-refractivity contribution in [2.45, 2.75) is 51.7 Å². The van der Waals surface area contributed by atoms with Gasteiger partial charge in [0.05, 0.1) is 30.8 Å². The molecule has 0 unspecified atom stereocenters. The molecule has 0 saturated carbocycles. The maximum absolute atomic E-state index is 12.3. The Labute approximate surface area is 167 Å². The number of hydrogen-bond acceptors (Lipinski definition) is 5. The highest BCUT2D eigenvalue weighted by Gasteiger charge is 2.53. The molecule has 28 heavy (non-hydrogen) atoms. The second-order valence-corrected chi connectivity index (χ2v) is 8.46. The van der Waals surface area contributed by atoms with Crippen molar-refractivity contribution in [1.29, 1.82) is 0 Å². The number of allylic oxidation sites excluding steroid dienone is 1. The lowest BCUT2D eigenvalue weighted by Crippen LogP contribution is -2.60. The lowest BCUT2D eigenvalue weighted by atomic mass is 9.69. The first-order chi connectivity index (χ1) is 13.4. The van der Waals surface area contributed by atoms with Gasteiger partial charge in [-0.3, -0.25) is 14.7 Å². The summed E-state index contributed by atoms with van der Waals surface area (Å²) in [6, 6.07) is 6.10. The van der Waals surface area contributed by atoms with Crippen molar-refractivity contribution in [2.75, 3.05) is 20.2 Å². The largest absolute Gasteiger partial charge is 0.504 e. The van der Waals surface area contributed by atoms with Gasteiger partial charge in [0.2, 0.25) is 0 Å². The molecule has 0 amide bonds. The predicted molar refractivity (Wildman–Crippen MR) is 110 cm³/mol. The third-order valence-corrected chi connectivity index (χ3v) is 6.94. The van der Waals surface area contributed by atoms with E-state index < -0.39 is 5.60 Å². The van der Waals surface area contributed by atoms with E-state index in [1.54, 1.807) is 20.3 Å². The van der Waals surface area contributed by atoms with E-state index in [0.717, 1.165) is 54.0 Å². The van der Waals surface area contributed by atoms with E-state index in [9.17, 15) is 9.90 Å². The van der Waals surface area contributed by atoms with Crippen LogP contribution in [0.25, 0.3) is 0 Å². The summed E-state index contributed by atoms with van der Waals surface area (Å²) in [5.74, 6) is 0.592. The van der Waals surface area contributed by atoms with Gasteiger partial charge in [0.1, 0.15) is 5.60 Å². The smallest absolute Gasteiger partial charge is 0.159 e. The first-order valence-corrected chi connectivity index (χ1v) is 10.3. The quantitative estimate of drug-likeness (QED) is 0.639. The zero-order chi connectivity index (χ0) is 20.1. The number of carbonyl (C=O) groups is 1. The molecule has 3 aliphatic rings. The minimum absolute atomic E-state index is 0.0537. The number of benzene rings is 1. The Morgan fingerprint density at radius 1 is 1.46 bits per heavy atom. The fourth-order valence-electron chi connectivity index (χ4n) is 5.56. The SMILES string of the molecule is CC[C@@H]1CN2CC[C@@]3(O)C(=Nc4cccc(C)c43)[C@@H]2C[C@@H]1/C(=C\OC)C(C)=O. The Bertz CT molecular complexity index is 859. The molecule has 0 spiro atoms. The van der Waals surface area contributed by atoms with E-state index in [-0.39, 0.29) is 17.7 Å². The summed E-state index contributed by atoms with van der Waals surface area (Å²) in [5.41, 5.74) is 3.60. The van der Waals surface area contributed by atoms with Crippen LogP contribution in [0.1, 0.15) is 44.2 Å². The molecule has 3 aliphatic heterocycles. The number of fused-ring (bicyclic) bond motifs is 5. The van der Waals surface area contributed by atoms with Crippen LogP contribution in [-0.4, -0.2) is 47.7 Å². The summed E-state index contributed by atoms with van der Waals surface area (Å²) in [6.07, 6.45) is 4.10. The normalized spacial score (nSPS) is 32.2. The fourth-order valence-corrected chi connectivity index (χ4v) is 5.56. The molecule has 0 radical (unpaired) electrons. The molecule has 1 aromatic rings. The number of methoxy groups -OCH3 is 1. The number of aryl methyl sites for hydroxylation is 1. The lowest BCUT2D eigenvalue weighted by Gasteiger charge is -2.50. The zero-order valence-corrected chi connectivity index (χ0v) is 17.2. The van der Waals surface area contributed by atoms with Gasteiger partial charge in [-0.1, -0.05) is 25.5 Å². The number of Topliss-reactive ketones (excluding diaryl/α,β-unsaturated/α-hetero) is 1. The maximum atomic E-state index is 12.3. The predicted octanol–water partition coefficient (Wildman–Crippen LogP) is 3.51. The number of ketones is 1. The molecule has 2 saturated heterocycles. The van der Waals surface area contributed by atoms with Crippen LogP contribution in [0.5, 0.6) is 0 Å². The molecule has 0 bridgehead atoms. The van der Waals surface area contributed by atoms with Crippen LogP contribution in [0.4, 0.5) is 5.69 Å². The van der Waals surface area contributed by atoms with E-state index in [2.05, 4.69) is 11.8 Å². The van der Waals surface area contributed by atoms with Crippen molar-refractivity contribution >= 4 is 17.2 Å². The number of piperidine rings is 2. The average Bonchev–Trinajstić information content (AvgIpc) is 2.99. The molecule has 5 nitrogen and oxygen atoms in total. The second-order valence-electron chi connectivity index (χ2n) is 8.46. The number of aliphatic hydroxyl groups is 1. The van der Waals surface area contributed by atoms with Crippen LogP contribution in [0.2, 0.25) is 0 Å². The van der Waals surface area contributed by atoms with Crippen LogP contribution < -0.4 is 0 Å². The van der Waals surface area contributed by atoms with Gasteiger partial charge in [-0.15, -0.1) is 0 Å². The van der Waals surface area contributed by atoms with Crippen LogP contribution in [-0.2, 0) is 15.1 Å². The van der Waals surface area contributed by atoms with Crippen LogP contribution in [0.3, 0.4) is 0 Å². The lowest BCUT2D eigenvalue weighted by molar-refractivity contribution is -0.114. The maximum Gasteiger partial charge on any atom is 0.159 e. The van der Waals surface area contributed by atoms with Gasteiger partial charge in [-0.05, 0) is 50.2 Å². The topological polar surface area (TPSA) is 62.1 Å². The zero-order valence-electron chi connectivity index (χ0n) is 17.2. The fraction of sp³-hybridized carbons (Fsp3) is 0.565. The summed E-state index contributed by atoms with van der Waals surface area (Å²) in [4.78, 5) is 19.7. The van der Waals surface area contributed by atoms with Crippen LogP contribution >= 0.6 is 0 Å². The third-order valence-electron chi connectivity index (χ3n) is 6.94. The molecule has 4 rings (SSSR count). The van der Waals surface area contributed by atoms with E-state index in [1.165, 1.54) is 0 Å². The number of aliphatic imine (C=N–C) groups is 1. The average molecular weight is 383 g/mol. The molecule has 0 aromatic heterocycles. The van der Waals surface area contributed by atoms with Crippen molar-refractivity contribution in [1.82, 2.24) is 4.90 Å². The molecule has 2 fully saturated rings. The summed E-state index contributed by atoms with van der Waals surface area (Å²) >= 11 is 0. The summed E-state index contributed by atoms with van der Waals surface area (Å²) < 4.78 is 5.24. The first-order valence-electron chi connectivity index (χ1n) is 10.3. The van der Waals surface area contributed by atoms with Crippen molar-refractivity contribution in [3.63, 3.8) is 0 Å². The highest BCUT2D eigenvalue weighted by Crippen LogP contribution is 2.49. The molecular formula is C23H30N2O3. The highest BCUT2D eigenvalue weighted by molar-refractivity contribution is 6.05. The molecule has 1 N–H and O–H groups in total. The van der Waals surface area contributed by atoms with Gasteiger partial charge in [0, 0.05) is 24.2 Å². The Hall–Kier alpha value is -1.98. The molecule has 5 heteroatoms. The minimum atomic E-state index is -0.979. The Morgan fingerprint density at radius 3 is 2.93 bits per heavy atom. The van der Waals surface area contributed by atoms with Gasteiger partial charge in [-0.25, -0.2) is 0 Å². The first kappa shape index (κ1) is 19.3. The van der Waals surface area contributed by atoms with Crippen LogP contribution in [0.15, 0.2) is 35.0 Å². The number of carbonyl (C=O) groups excluding carboxylic acids is 1. The van der Waals surface area contributed by atoms with Gasteiger partial charge in [-0.2, -0.15) is 0 Å². The monoisotopic (exact) mass is 382 g/mol. The van der Waals surface area contributed by atoms with E-state index in [0.29, 0.717) is 12.3 Å². The Morgan fingerprint density at radius 2 is 2.25 bits per heavy atom. The number of nitrogens with zero attached hydrogens (tertiary/aromatic N) is 2. The van der Waals surface area contributed by atoms with Gasteiger partial charge >= 0.3 is 0 Å². The number of rotatable bonds is 4. The summed E-state index contributed by atoms with van der Waals surface area (Å²) in [7, 11) is 1.60. The van der Waals surface area contributed by atoms with Gasteiger partial charge in [0.25, 0.3) is 0 Å². The van der Waals surface area contributed by atoms with E-state index in [1.807, 2.05) is 25.1 Å². The molecule has 4 atom stereocenters. The number of hydrogen-bond donors (Lipinski definition) is 1. The van der Waals surface area contributed by atoms with Crippen molar-refractivity contribution in [3.05, 3.63) is 41.2 Å². The van der Waals surface area contributed by atoms with E-state index in [4.69, 9.17) is 9.73 Å². The molecule has 1 aromatic carbocycles. The number of ether oxygens (including phenoxy) is 1. The Kier molecular flexibility index (Phi) is 4.92. The standard InChI is InChI=1S/C23H30N2O3/c1-5-16-12-25-10-9-23(27)21-14(2)7-6-8-19(21)24-22(23)20(25)11-17(16)18(13-28-4)15(3)26/h6-8,13,16-17,20,27H,5,9-12H2,1-4H3/b18-13-/t16-,17+,20+,23+/m1/s1. The summed E-state index contributed by atoms with van der Waals surface area (Å²) in [6.45, 7) is 7.63. The Balaban J connectivity index is 1.73. The van der Waals surface area contributed by atoms with Gasteiger partial charge < -0.3 is 9.84 Å². The molecule has 150 valence electrons. The van der Waals surface area contributed by atoms with E-state index >= 15 is 0 Å². The van der Waals surface area contributed by atoms with Crippen molar-refractivity contribution in [2.24, 2.45) is 16.8 Å². The second kappa shape index (κ2) is 7.12. The minimum Gasteiger partial charge on any atom is -0.504 e. The van der Waals surface area contributed by atoms with Crippen LogP contribution in [0, 0.1) is 18.8 Å². The summed E-state index contributed by atoms with van der Waals surface area (Å²) in [5, 5.41) is 11.7. The highest BCUT2D eigenvalue weighted by atomic mass is 16.5. The van der Waals surface area contributed by atoms with Gasteiger partial charge in [0.15, 0.2) is 5.78 Å².